The van der Waals surface area contributed by atoms with Crippen molar-refractivity contribution in [3.8, 4) is 0 Å². The number of morpholine rings is 1. The molecule has 0 spiro atoms. The lowest BCUT2D eigenvalue weighted by Crippen LogP contribution is -2.49. The van der Waals surface area contributed by atoms with Gasteiger partial charge >= 0.3 is 0 Å². The van der Waals surface area contributed by atoms with Gasteiger partial charge in [0, 0.05) is 18.7 Å². The number of hydrogen-bond donors (Lipinski definition) is 1. The summed E-state index contributed by atoms with van der Waals surface area (Å²) in [6.07, 6.45) is 5.73. The maximum atomic E-state index is 5.93. The highest BCUT2D eigenvalue weighted by atomic mass is 16.5. The van der Waals surface area contributed by atoms with Crippen LogP contribution in [-0.2, 0) is 4.74 Å². The van der Waals surface area contributed by atoms with Crippen LogP contribution in [-0.4, -0.2) is 41.8 Å². The third-order valence-corrected chi connectivity index (χ3v) is 4.54. The van der Waals surface area contributed by atoms with E-state index in [-0.39, 0.29) is 0 Å². The molecule has 0 radical (unpaired) electrons. The third kappa shape index (κ3) is 2.71. The van der Waals surface area contributed by atoms with E-state index in [1.54, 1.807) is 6.33 Å². The van der Waals surface area contributed by atoms with Crippen LogP contribution in [0.3, 0.4) is 0 Å². The van der Waals surface area contributed by atoms with Crippen LogP contribution in [0.2, 0.25) is 0 Å². The van der Waals surface area contributed by atoms with Gasteiger partial charge in [-0.2, -0.15) is 0 Å². The molecule has 1 aliphatic carbocycles. The number of fused-ring (bicyclic) bond motifs is 1. The Morgan fingerprint density at radius 2 is 2.24 bits per heavy atom. The van der Waals surface area contributed by atoms with Crippen molar-refractivity contribution in [3.63, 3.8) is 0 Å². The lowest BCUT2D eigenvalue weighted by atomic mass is 10.0. The van der Waals surface area contributed by atoms with E-state index in [2.05, 4.69) is 41.0 Å². The van der Waals surface area contributed by atoms with Gasteiger partial charge in [-0.1, -0.05) is 13.8 Å². The molecular weight excluding hydrogens is 264 g/mol. The molecule has 1 saturated carbocycles. The monoisotopic (exact) mass is 290 g/mol. The topological polar surface area (TPSA) is 50.3 Å². The van der Waals surface area contributed by atoms with Gasteiger partial charge in [0.25, 0.3) is 0 Å². The van der Waals surface area contributed by atoms with Crippen molar-refractivity contribution in [2.45, 2.75) is 58.1 Å². The number of ether oxygens (including phenoxy) is 1. The van der Waals surface area contributed by atoms with E-state index < -0.39 is 0 Å². The van der Waals surface area contributed by atoms with Crippen LogP contribution >= 0.6 is 0 Å². The molecule has 0 amide bonds. The first-order valence-electron chi connectivity index (χ1n) is 8.19. The Hall–Kier alpha value is -1.36. The fourth-order valence-electron chi connectivity index (χ4n) is 3.64. The van der Waals surface area contributed by atoms with E-state index in [0.29, 0.717) is 18.1 Å². The highest BCUT2D eigenvalue weighted by Crippen LogP contribution is 2.37. The van der Waals surface area contributed by atoms with Crippen LogP contribution in [0.1, 0.15) is 51.5 Å². The van der Waals surface area contributed by atoms with Crippen molar-refractivity contribution >= 4 is 11.6 Å². The van der Waals surface area contributed by atoms with Gasteiger partial charge in [0.2, 0.25) is 0 Å². The van der Waals surface area contributed by atoms with Crippen LogP contribution < -0.4 is 10.2 Å². The molecule has 1 aromatic rings. The van der Waals surface area contributed by atoms with Gasteiger partial charge in [-0.05, 0) is 32.1 Å². The predicted octanol–water partition coefficient (Wildman–Crippen LogP) is 2.79. The second kappa shape index (κ2) is 6.18. The van der Waals surface area contributed by atoms with Crippen LogP contribution in [0.25, 0.3) is 0 Å². The molecule has 0 bridgehead atoms. The zero-order valence-electron chi connectivity index (χ0n) is 13.3. The van der Waals surface area contributed by atoms with E-state index >= 15 is 0 Å². The SMILES string of the molecule is CCNc1ncnc(N2CCOC3CCCC32)c1C(C)C. The summed E-state index contributed by atoms with van der Waals surface area (Å²) in [5, 5.41) is 3.39. The third-order valence-electron chi connectivity index (χ3n) is 4.54. The van der Waals surface area contributed by atoms with Crippen LogP contribution in [0.15, 0.2) is 6.33 Å². The van der Waals surface area contributed by atoms with Crippen LogP contribution in [0.4, 0.5) is 11.6 Å². The smallest absolute Gasteiger partial charge is 0.137 e. The molecule has 1 aromatic heterocycles. The van der Waals surface area contributed by atoms with Gasteiger partial charge in [0.1, 0.15) is 18.0 Å². The van der Waals surface area contributed by atoms with E-state index in [4.69, 9.17) is 4.74 Å². The second-order valence-corrected chi connectivity index (χ2v) is 6.25. The lowest BCUT2D eigenvalue weighted by molar-refractivity contribution is 0.0252. The molecule has 2 unspecified atom stereocenters. The maximum absolute atomic E-state index is 5.93. The van der Waals surface area contributed by atoms with E-state index in [9.17, 15) is 0 Å². The van der Waals surface area contributed by atoms with Gasteiger partial charge in [0.05, 0.1) is 18.8 Å². The van der Waals surface area contributed by atoms with Crippen molar-refractivity contribution in [2.24, 2.45) is 0 Å². The minimum Gasteiger partial charge on any atom is -0.374 e. The van der Waals surface area contributed by atoms with E-state index in [0.717, 1.165) is 31.3 Å². The van der Waals surface area contributed by atoms with Gasteiger partial charge in [0.15, 0.2) is 0 Å². The van der Waals surface area contributed by atoms with Crippen LogP contribution in [0.5, 0.6) is 0 Å². The summed E-state index contributed by atoms with van der Waals surface area (Å²) in [5.74, 6) is 2.49. The molecule has 1 aliphatic heterocycles. The fraction of sp³-hybridized carbons (Fsp3) is 0.750. The predicted molar refractivity (Wildman–Crippen MR) is 85.0 cm³/mol. The fourth-order valence-corrected chi connectivity index (χ4v) is 3.64. The molecule has 5 heteroatoms. The molecule has 2 aliphatic rings. The van der Waals surface area contributed by atoms with Crippen molar-refractivity contribution in [3.05, 3.63) is 11.9 Å². The first kappa shape index (κ1) is 14.6. The van der Waals surface area contributed by atoms with E-state index in [1.165, 1.54) is 24.8 Å². The number of nitrogens with one attached hydrogen (secondary N) is 1. The summed E-state index contributed by atoms with van der Waals surface area (Å²) >= 11 is 0. The quantitative estimate of drug-likeness (QED) is 0.924. The van der Waals surface area contributed by atoms with Crippen molar-refractivity contribution in [1.29, 1.82) is 0 Å². The number of nitrogens with zero attached hydrogens (tertiary/aromatic N) is 3. The molecule has 5 nitrogen and oxygen atoms in total. The number of rotatable bonds is 4. The Morgan fingerprint density at radius 3 is 3.00 bits per heavy atom. The molecule has 1 N–H and O–H groups in total. The Bertz CT molecular complexity index is 491. The lowest BCUT2D eigenvalue weighted by Gasteiger charge is -2.39. The van der Waals surface area contributed by atoms with Gasteiger partial charge in [-0.3, -0.25) is 0 Å². The molecule has 0 aromatic carbocycles. The Labute approximate surface area is 127 Å². The molecule has 3 rings (SSSR count). The standard InChI is InChI=1S/C16H26N4O/c1-4-17-15-14(11(2)3)16(19-10-18-15)20-8-9-21-13-7-5-6-12(13)20/h10-13H,4-9H2,1-3H3,(H,17,18,19). The summed E-state index contributed by atoms with van der Waals surface area (Å²) < 4.78 is 5.93. The number of aromatic nitrogens is 2. The van der Waals surface area contributed by atoms with Gasteiger partial charge in [-0.15, -0.1) is 0 Å². The summed E-state index contributed by atoms with van der Waals surface area (Å²) in [7, 11) is 0. The molecule has 116 valence electrons. The molecule has 2 heterocycles. The second-order valence-electron chi connectivity index (χ2n) is 6.25. The van der Waals surface area contributed by atoms with Crippen molar-refractivity contribution in [2.75, 3.05) is 29.9 Å². The average molecular weight is 290 g/mol. The summed E-state index contributed by atoms with van der Waals surface area (Å²) in [6.45, 7) is 9.16. The van der Waals surface area contributed by atoms with Crippen molar-refractivity contribution in [1.82, 2.24) is 9.97 Å². The first-order valence-corrected chi connectivity index (χ1v) is 8.19. The Morgan fingerprint density at radius 1 is 1.38 bits per heavy atom. The molecule has 2 atom stereocenters. The summed E-state index contributed by atoms with van der Waals surface area (Å²) in [6, 6.07) is 0.487. The molecular formula is C16H26N4O. The molecule has 21 heavy (non-hydrogen) atoms. The van der Waals surface area contributed by atoms with Crippen molar-refractivity contribution < 1.29 is 4.74 Å². The Kier molecular flexibility index (Phi) is 4.29. The zero-order chi connectivity index (χ0) is 14.8. The summed E-state index contributed by atoms with van der Waals surface area (Å²) in [5.41, 5.74) is 1.24. The largest absolute Gasteiger partial charge is 0.374 e. The minimum atomic E-state index is 0.385. The van der Waals surface area contributed by atoms with E-state index in [1.807, 2.05) is 0 Å². The van der Waals surface area contributed by atoms with Gasteiger partial charge < -0.3 is 15.0 Å². The normalized spacial score (nSPS) is 25.2. The van der Waals surface area contributed by atoms with Crippen LogP contribution in [0, 0.1) is 0 Å². The van der Waals surface area contributed by atoms with Gasteiger partial charge in [-0.25, -0.2) is 9.97 Å². The minimum absolute atomic E-state index is 0.385. The average Bonchev–Trinajstić information content (AvgIpc) is 2.95. The highest BCUT2D eigenvalue weighted by molar-refractivity contribution is 5.61. The zero-order valence-corrected chi connectivity index (χ0v) is 13.3. The Balaban J connectivity index is 1.98. The molecule has 2 fully saturated rings. The summed E-state index contributed by atoms with van der Waals surface area (Å²) in [4.78, 5) is 11.6. The number of hydrogen-bond acceptors (Lipinski definition) is 5. The molecule has 1 saturated heterocycles. The first-order chi connectivity index (χ1) is 10.2. The number of anilines is 2. The highest BCUT2D eigenvalue weighted by Gasteiger charge is 2.38. The maximum Gasteiger partial charge on any atom is 0.137 e.